The zero-order valence-corrected chi connectivity index (χ0v) is 15.9. The van der Waals surface area contributed by atoms with Gasteiger partial charge in [0.05, 0.1) is 17.4 Å². The fraction of sp³-hybridized carbons (Fsp3) is 0.286. The molecule has 3 aromatic rings. The molecule has 1 aromatic heterocycles. The maximum absolute atomic E-state index is 12.5. The van der Waals surface area contributed by atoms with Crippen LogP contribution < -0.4 is 15.8 Å². The van der Waals surface area contributed by atoms with Crippen LogP contribution in [0.25, 0.3) is 10.9 Å². The second-order valence-corrected chi connectivity index (χ2v) is 6.85. The molecule has 140 valence electrons. The number of likely N-dealkylation sites (N-methyl/N-ethyl adjacent to an activating group) is 1. The summed E-state index contributed by atoms with van der Waals surface area (Å²) in [7, 11) is 0. The highest BCUT2D eigenvalue weighted by Gasteiger charge is 2.16. The normalized spacial score (nSPS) is 12.1. The molecule has 0 spiro atoms. The van der Waals surface area contributed by atoms with Gasteiger partial charge in [0.15, 0.2) is 12.4 Å². The fourth-order valence-corrected chi connectivity index (χ4v) is 3.14. The SMILES string of the molecule is CC[NH+](CC(=O)Nc1ccc(C)cc1C)Cc1nc2ccccc2c(=O)[nH]1. The van der Waals surface area contributed by atoms with Crippen LogP contribution >= 0.6 is 0 Å². The molecule has 0 saturated heterocycles. The van der Waals surface area contributed by atoms with Crippen molar-refractivity contribution in [3.63, 3.8) is 0 Å². The Morgan fingerprint density at radius 3 is 2.70 bits per heavy atom. The minimum absolute atomic E-state index is 0.0538. The number of amides is 1. The molecule has 1 atom stereocenters. The molecule has 6 nitrogen and oxygen atoms in total. The largest absolute Gasteiger partial charge is 0.321 e. The zero-order chi connectivity index (χ0) is 19.4. The van der Waals surface area contributed by atoms with E-state index < -0.39 is 0 Å². The zero-order valence-electron chi connectivity index (χ0n) is 15.9. The van der Waals surface area contributed by atoms with Gasteiger partial charge in [-0.1, -0.05) is 29.8 Å². The van der Waals surface area contributed by atoms with Crippen LogP contribution in [0.15, 0.2) is 47.3 Å². The molecule has 0 aliphatic carbocycles. The van der Waals surface area contributed by atoms with Gasteiger partial charge >= 0.3 is 0 Å². The summed E-state index contributed by atoms with van der Waals surface area (Å²) in [5.41, 5.74) is 3.56. The fourth-order valence-electron chi connectivity index (χ4n) is 3.14. The first-order chi connectivity index (χ1) is 13.0. The molecule has 1 amide bonds. The van der Waals surface area contributed by atoms with Crippen molar-refractivity contribution in [1.82, 2.24) is 9.97 Å². The molecular formula is C21H25N4O2+. The van der Waals surface area contributed by atoms with Crippen molar-refractivity contribution in [3.8, 4) is 0 Å². The minimum atomic E-state index is -0.147. The Morgan fingerprint density at radius 2 is 1.96 bits per heavy atom. The lowest BCUT2D eigenvalue weighted by Crippen LogP contribution is -3.11. The number of H-pyrrole nitrogens is 1. The molecule has 0 saturated carbocycles. The number of carbonyl (C=O) groups is 1. The van der Waals surface area contributed by atoms with E-state index in [-0.39, 0.29) is 11.5 Å². The molecule has 0 radical (unpaired) electrons. The number of benzene rings is 2. The molecule has 1 unspecified atom stereocenters. The molecule has 27 heavy (non-hydrogen) atoms. The lowest BCUT2D eigenvalue weighted by Gasteiger charge is -2.17. The van der Waals surface area contributed by atoms with Crippen LogP contribution in [0.5, 0.6) is 0 Å². The van der Waals surface area contributed by atoms with Crippen LogP contribution in [0, 0.1) is 13.8 Å². The average Bonchev–Trinajstić information content (AvgIpc) is 2.63. The van der Waals surface area contributed by atoms with Crippen molar-refractivity contribution < 1.29 is 9.69 Å². The van der Waals surface area contributed by atoms with Gasteiger partial charge in [-0.15, -0.1) is 0 Å². The van der Waals surface area contributed by atoms with Gasteiger partial charge in [-0.25, -0.2) is 4.98 Å². The second-order valence-electron chi connectivity index (χ2n) is 6.85. The molecule has 1 heterocycles. The first-order valence-corrected chi connectivity index (χ1v) is 9.15. The van der Waals surface area contributed by atoms with Crippen LogP contribution in [0.2, 0.25) is 0 Å². The molecular weight excluding hydrogens is 340 g/mol. The van der Waals surface area contributed by atoms with Gasteiger partial charge < -0.3 is 15.2 Å². The van der Waals surface area contributed by atoms with E-state index in [1.807, 2.05) is 57.2 Å². The van der Waals surface area contributed by atoms with Crippen molar-refractivity contribution in [1.29, 1.82) is 0 Å². The first-order valence-electron chi connectivity index (χ1n) is 9.15. The van der Waals surface area contributed by atoms with E-state index in [9.17, 15) is 9.59 Å². The van der Waals surface area contributed by atoms with Crippen molar-refractivity contribution in [2.24, 2.45) is 0 Å². The number of aryl methyl sites for hydroxylation is 2. The summed E-state index contributed by atoms with van der Waals surface area (Å²) in [6.45, 7) is 7.56. The lowest BCUT2D eigenvalue weighted by atomic mass is 10.1. The summed E-state index contributed by atoms with van der Waals surface area (Å²) in [5.74, 6) is 0.539. The third-order valence-electron chi connectivity index (χ3n) is 4.65. The van der Waals surface area contributed by atoms with Crippen molar-refractivity contribution in [2.45, 2.75) is 27.3 Å². The van der Waals surface area contributed by atoms with E-state index in [1.165, 1.54) is 0 Å². The predicted octanol–water partition coefficient (Wildman–Crippen LogP) is 1.58. The molecule has 3 rings (SSSR count). The number of aromatic amines is 1. The Kier molecular flexibility index (Phi) is 5.66. The van der Waals surface area contributed by atoms with Crippen molar-refractivity contribution in [3.05, 3.63) is 69.8 Å². The molecule has 0 aliphatic heterocycles. The Labute approximate surface area is 158 Å². The van der Waals surface area contributed by atoms with Gasteiger partial charge in [0.1, 0.15) is 6.54 Å². The number of hydrogen-bond acceptors (Lipinski definition) is 3. The maximum atomic E-state index is 12.5. The summed E-state index contributed by atoms with van der Waals surface area (Å²) in [6, 6.07) is 13.2. The molecule has 3 N–H and O–H groups in total. The quantitative estimate of drug-likeness (QED) is 0.621. The van der Waals surface area contributed by atoms with E-state index in [2.05, 4.69) is 15.3 Å². The maximum Gasteiger partial charge on any atom is 0.279 e. The highest BCUT2D eigenvalue weighted by Crippen LogP contribution is 2.15. The molecule has 0 bridgehead atoms. The Morgan fingerprint density at radius 1 is 1.19 bits per heavy atom. The van der Waals surface area contributed by atoms with Crippen molar-refractivity contribution in [2.75, 3.05) is 18.4 Å². The Hall–Kier alpha value is -2.99. The molecule has 6 heteroatoms. The minimum Gasteiger partial charge on any atom is -0.321 e. The van der Waals surface area contributed by atoms with E-state index in [4.69, 9.17) is 0 Å². The number of nitrogens with zero attached hydrogens (tertiary/aromatic N) is 1. The van der Waals surface area contributed by atoms with Gasteiger partial charge in [-0.05, 0) is 44.5 Å². The predicted molar refractivity (Wildman–Crippen MR) is 107 cm³/mol. The number of para-hydroxylation sites is 1. The number of carbonyl (C=O) groups excluding carboxylic acids is 1. The van der Waals surface area contributed by atoms with Crippen LogP contribution in [0.1, 0.15) is 23.9 Å². The van der Waals surface area contributed by atoms with Gasteiger partial charge in [0.25, 0.3) is 11.5 Å². The summed E-state index contributed by atoms with van der Waals surface area (Å²) in [6.07, 6.45) is 0. The van der Waals surface area contributed by atoms with Crippen LogP contribution in [-0.4, -0.2) is 29.0 Å². The third-order valence-corrected chi connectivity index (χ3v) is 4.65. The van der Waals surface area contributed by atoms with E-state index in [1.54, 1.807) is 6.07 Å². The van der Waals surface area contributed by atoms with E-state index in [0.717, 1.165) is 28.3 Å². The number of rotatable bonds is 6. The number of quaternary nitrogens is 1. The van der Waals surface area contributed by atoms with Crippen molar-refractivity contribution >= 4 is 22.5 Å². The van der Waals surface area contributed by atoms with Gasteiger partial charge in [-0.2, -0.15) is 0 Å². The monoisotopic (exact) mass is 365 g/mol. The van der Waals surface area contributed by atoms with Crippen LogP contribution in [-0.2, 0) is 11.3 Å². The molecule has 0 aliphatic rings. The summed E-state index contributed by atoms with van der Waals surface area (Å²) in [4.78, 5) is 33.1. The van der Waals surface area contributed by atoms with Crippen LogP contribution in [0.4, 0.5) is 5.69 Å². The number of aromatic nitrogens is 2. The Balaban J connectivity index is 1.70. The van der Waals surface area contributed by atoms with Gasteiger partial charge in [-0.3, -0.25) is 9.59 Å². The highest BCUT2D eigenvalue weighted by atomic mass is 16.2. The standard InChI is InChI=1S/C21H24N4O2/c1-4-25(13-20(26)23-17-10-9-14(2)11-15(17)3)12-19-22-18-8-6-5-7-16(18)21(27)24-19/h5-11H,4,12-13H2,1-3H3,(H,23,26)(H,22,24,27)/p+1. The third kappa shape index (κ3) is 4.60. The lowest BCUT2D eigenvalue weighted by molar-refractivity contribution is -0.904. The number of nitrogens with one attached hydrogen (secondary N) is 3. The summed E-state index contributed by atoms with van der Waals surface area (Å²) in [5, 5.41) is 3.55. The van der Waals surface area contributed by atoms with Crippen LogP contribution in [0.3, 0.4) is 0 Å². The average molecular weight is 365 g/mol. The number of anilines is 1. The molecule has 2 aromatic carbocycles. The van der Waals surface area contributed by atoms with Gasteiger partial charge in [0, 0.05) is 5.69 Å². The number of fused-ring (bicyclic) bond motifs is 1. The van der Waals surface area contributed by atoms with E-state index >= 15 is 0 Å². The summed E-state index contributed by atoms with van der Waals surface area (Å²) < 4.78 is 0. The topological polar surface area (TPSA) is 79.3 Å². The van der Waals surface area contributed by atoms with E-state index in [0.29, 0.717) is 29.8 Å². The number of hydrogen-bond donors (Lipinski definition) is 3. The Bertz CT molecular complexity index is 1030. The highest BCUT2D eigenvalue weighted by molar-refractivity contribution is 5.92. The van der Waals surface area contributed by atoms with Gasteiger partial charge in [0.2, 0.25) is 0 Å². The first kappa shape index (κ1) is 18.8. The second kappa shape index (κ2) is 8.14. The molecule has 0 fully saturated rings. The summed E-state index contributed by atoms with van der Waals surface area (Å²) >= 11 is 0. The smallest absolute Gasteiger partial charge is 0.279 e.